The highest BCUT2D eigenvalue weighted by molar-refractivity contribution is 5.73. The average Bonchev–Trinajstić information content (AvgIpc) is 3.10. The highest BCUT2D eigenvalue weighted by Crippen LogP contribution is 2.33. The Labute approximate surface area is 108 Å². The summed E-state index contributed by atoms with van der Waals surface area (Å²) in [5.74, 6) is -0.700. The van der Waals surface area contributed by atoms with Crippen LogP contribution in [0.2, 0.25) is 0 Å². The number of rotatable bonds is 5. The lowest BCUT2D eigenvalue weighted by molar-refractivity contribution is -0.139. The summed E-state index contributed by atoms with van der Waals surface area (Å²) in [6.07, 6.45) is 6.20. The van der Waals surface area contributed by atoms with E-state index in [0.29, 0.717) is 12.1 Å². The number of carbonyl (C=O) groups excluding carboxylic acids is 1. The van der Waals surface area contributed by atoms with Gasteiger partial charge in [0.25, 0.3) is 0 Å². The predicted octanol–water partition coefficient (Wildman–Crippen LogP) is 0.983. The van der Waals surface area contributed by atoms with Crippen molar-refractivity contribution in [3.63, 3.8) is 0 Å². The van der Waals surface area contributed by atoms with Gasteiger partial charge in [-0.3, -0.25) is 14.5 Å². The van der Waals surface area contributed by atoms with Crippen molar-refractivity contribution in [1.82, 2.24) is 10.2 Å². The van der Waals surface area contributed by atoms with E-state index in [-0.39, 0.29) is 18.5 Å². The highest BCUT2D eigenvalue weighted by atomic mass is 16.4. The fourth-order valence-electron chi connectivity index (χ4n) is 2.96. The fraction of sp³-hybridized carbons (Fsp3) is 0.846. The first kappa shape index (κ1) is 13.3. The number of hydrogen-bond acceptors (Lipinski definition) is 3. The third-order valence-electron chi connectivity index (χ3n) is 3.91. The molecule has 0 aromatic rings. The summed E-state index contributed by atoms with van der Waals surface area (Å²) in [6.45, 7) is 1.72. The molecule has 2 rings (SSSR count). The number of aliphatic carboxylic acids is 1. The summed E-state index contributed by atoms with van der Waals surface area (Å²) in [6, 6.07) is 1.16. The molecule has 0 saturated heterocycles. The quantitative estimate of drug-likeness (QED) is 0.767. The molecule has 0 aromatic heterocycles. The lowest BCUT2D eigenvalue weighted by atomic mass is 9.90. The average molecular weight is 254 g/mol. The zero-order chi connectivity index (χ0) is 13.1. The van der Waals surface area contributed by atoms with Crippen LogP contribution in [0.3, 0.4) is 0 Å². The number of hydrogen-bond donors (Lipinski definition) is 2. The molecule has 0 atom stereocenters. The zero-order valence-electron chi connectivity index (χ0n) is 10.9. The molecule has 0 radical (unpaired) electrons. The highest BCUT2D eigenvalue weighted by Gasteiger charge is 2.36. The van der Waals surface area contributed by atoms with Gasteiger partial charge in [0.05, 0.1) is 6.54 Å². The first-order chi connectivity index (χ1) is 8.56. The number of amides is 1. The molecule has 1 amide bonds. The molecule has 0 heterocycles. The van der Waals surface area contributed by atoms with Gasteiger partial charge in [0.2, 0.25) is 5.91 Å². The maximum Gasteiger partial charge on any atom is 0.317 e. The third kappa shape index (κ3) is 3.70. The number of carboxylic acids is 1. The predicted molar refractivity (Wildman–Crippen MR) is 67.2 cm³/mol. The van der Waals surface area contributed by atoms with Gasteiger partial charge in [-0.15, -0.1) is 0 Å². The van der Waals surface area contributed by atoms with Gasteiger partial charge in [-0.05, 0) is 38.5 Å². The molecular formula is C13H22N2O3. The topological polar surface area (TPSA) is 69.6 Å². The van der Waals surface area contributed by atoms with E-state index in [1.165, 1.54) is 0 Å². The summed E-state index contributed by atoms with van der Waals surface area (Å²) in [5.41, 5.74) is 0. The van der Waals surface area contributed by atoms with Crippen LogP contribution in [0.4, 0.5) is 0 Å². The number of nitrogens with one attached hydrogen (secondary N) is 1. The fourth-order valence-corrected chi connectivity index (χ4v) is 2.96. The molecule has 102 valence electrons. The van der Waals surface area contributed by atoms with Crippen LogP contribution in [-0.4, -0.2) is 46.6 Å². The Morgan fingerprint density at radius 2 is 1.61 bits per heavy atom. The summed E-state index contributed by atoms with van der Waals surface area (Å²) >= 11 is 0. The van der Waals surface area contributed by atoms with Crippen molar-refractivity contribution in [2.24, 2.45) is 0 Å². The van der Waals surface area contributed by atoms with Crippen molar-refractivity contribution >= 4 is 11.9 Å². The Bertz CT molecular complexity index is 320. The van der Waals surface area contributed by atoms with Crippen LogP contribution in [0, 0.1) is 0 Å². The van der Waals surface area contributed by atoms with E-state index in [0.717, 1.165) is 38.5 Å². The van der Waals surface area contributed by atoms with Gasteiger partial charge in [-0.25, -0.2) is 0 Å². The van der Waals surface area contributed by atoms with Gasteiger partial charge in [0, 0.05) is 25.0 Å². The minimum atomic E-state index is -0.731. The van der Waals surface area contributed by atoms with Gasteiger partial charge >= 0.3 is 5.97 Å². The van der Waals surface area contributed by atoms with Crippen molar-refractivity contribution < 1.29 is 14.7 Å². The van der Waals surface area contributed by atoms with Crippen LogP contribution in [-0.2, 0) is 9.59 Å². The molecule has 2 saturated carbocycles. The first-order valence-corrected chi connectivity index (χ1v) is 6.81. The van der Waals surface area contributed by atoms with Crippen molar-refractivity contribution in [1.29, 1.82) is 0 Å². The number of carbonyl (C=O) groups is 2. The van der Waals surface area contributed by atoms with Gasteiger partial charge in [-0.1, -0.05) is 0 Å². The molecule has 0 bridgehead atoms. The molecule has 2 fully saturated rings. The minimum Gasteiger partial charge on any atom is -0.480 e. The standard InChI is InChI=1S/C13H22N2O3/c1-9(16)14-10-2-4-11(5-3-10)15(8-13(17)18)12-6-7-12/h10-12H,2-8H2,1H3,(H,14,16)(H,17,18). The summed E-state index contributed by atoms with van der Waals surface area (Å²) in [7, 11) is 0. The Balaban J connectivity index is 1.83. The Kier molecular flexibility index (Phi) is 4.22. The molecule has 0 spiro atoms. The molecule has 5 heteroatoms. The van der Waals surface area contributed by atoms with Crippen LogP contribution in [0.5, 0.6) is 0 Å². The minimum absolute atomic E-state index is 0.0306. The molecule has 2 aliphatic carbocycles. The maximum atomic E-state index is 11.0. The number of nitrogens with zero attached hydrogens (tertiary/aromatic N) is 1. The first-order valence-electron chi connectivity index (χ1n) is 6.81. The van der Waals surface area contributed by atoms with Crippen molar-refractivity contribution in [3.05, 3.63) is 0 Å². The van der Waals surface area contributed by atoms with E-state index in [1.807, 2.05) is 0 Å². The van der Waals surface area contributed by atoms with Crippen LogP contribution < -0.4 is 5.32 Å². The molecule has 5 nitrogen and oxygen atoms in total. The lowest BCUT2D eigenvalue weighted by Crippen LogP contribution is -2.46. The van der Waals surface area contributed by atoms with E-state index in [9.17, 15) is 9.59 Å². The van der Waals surface area contributed by atoms with Crippen molar-refractivity contribution in [2.75, 3.05) is 6.54 Å². The van der Waals surface area contributed by atoms with Crippen molar-refractivity contribution in [3.8, 4) is 0 Å². The molecule has 0 unspecified atom stereocenters. The lowest BCUT2D eigenvalue weighted by Gasteiger charge is -2.36. The van der Waals surface area contributed by atoms with Crippen LogP contribution in [0.25, 0.3) is 0 Å². The van der Waals surface area contributed by atoms with E-state index in [4.69, 9.17) is 5.11 Å². The molecule has 2 aliphatic rings. The maximum absolute atomic E-state index is 11.0. The summed E-state index contributed by atoms with van der Waals surface area (Å²) in [5, 5.41) is 11.9. The van der Waals surface area contributed by atoms with E-state index in [2.05, 4.69) is 10.2 Å². The van der Waals surface area contributed by atoms with Crippen molar-refractivity contribution in [2.45, 2.75) is 63.6 Å². The Hall–Kier alpha value is -1.10. The van der Waals surface area contributed by atoms with E-state index in [1.54, 1.807) is 6.92 Å². The van der Waals surface area contributed by atoms with Crippen LogP contribution >= 0.6 is 0 Å². The largest absolute Gasteiger partial charge is 0.480 e. The van der Waals surface area contributed by atoms with Crippen LogP contribution in [0.1, 0.15) is 45.4 Å². The molecule has 0 aliphatic heterocycles. The second kappa shape index (κ2) is 5.69. The summed E-state index contributed by atoms with van der Waals surface area (Å²) < 4.78 is 0. The molecule has 0 aromatic carbocycles. The normalized spacial score (nSPS) is 28.1. The molecule has 2 N–H and O–H groups in total. The monoisotopic (exact) mass is 254 g/mol. The van der Waals surface area contributed by atoms with E-state index < -0.39 is 5.97 Å². The van der Waals surface area contributed by atoms with Gasteiger partial charge < -0.3 is 10.4 Å². The van der Waals surface area contributed by atoms with Gasteiger partial charge in [-0.2, -0.15) is 0 Å². The SMILES string of the molecule is CC(=O)NC1CCC(N(CC(=O)O)C2CC2)CC1. The van der Waals surface area contributed by atoms with E-state index >= 15 is 0 Å². The number of carboxylic acid groups (broad SMARTS) is 1. The summed E-state index contributed by atoms with van der Waals surface area (Å²) in [4.78, 5) is 24.0. The third-order valence-corrected chi connectivity index (χ3v) is 3.91. The second-order valence-corrected chi connectivity index (χ2v) is 5.50. The van der Waals surface area contributed by atoms with Gasteiger partial charge in [0.15, 0.2) is 0 Å². The smallest absolute Gasteiger partial charge is 0.317 e. The Morgan fingerprint density at radius 1 is 1.11 bits per heavy atom. The Morgan fingerprint density at radius 3 is 2.00 bits per heavy atom. The second-order valence-electron chi connectivity index (χ2n) is 5.50. The molecule has 18 heavy (non-hydrogen) atoms. The van der Waals surface area contributed by atoms with Gasteiger partial charge in [0.1, 0.15) is 0 Å². The van der Waals surface area contributed by atoms with Crippen LogP contribution in [0.15, 0.2) is 0 Å². The zero-order valence-corrected chi connectivity index (χ0v) is 10.9. The molecular weight excluding hydrogens is 232 g/mol.